The zero-order valence-electron chi connectivity index (χ0n) is 10.1. The van der Waals surface area contributed by atoms with Crippen molar-refractivity contribution in [2.45, 2.75) is 58.4 Å². The van der Waals surface area contributed by atoms with Crippen molar-refractivity contribution in [2.75, 3.05) is 0 Å². The second-order valence-electron chi connectivity index (χ2n) is 5.07. The maximum absolute atomic E-state index is 4.53. The molecule has 0 aromatic carbocycles. The summed E-state index contributed by atoms with van der Waals surface area (Å²) in [6, 6.07) is 2.81. The minimum absolute atomic E-state index is 0.598. The molecule has 0 aliphatic heterocycles. The molecular formula is C13H22N2. The molecule has 84 valence electrons. The molecule has 0 bridgehead atoms. The standard InChI is InChI=1S/C13H22N2/c1-4-5-12(10(2)3)15-13(8-9-14-15)11-6-7-11/h8-12H,4-7H2,1-3H3. The van der Waals surface area contributed by atoms with Gasteiger partial charge in [-0.3, -0.25) is 4.68 Å². The van der Waals surface area contributed by atoms with E-state index in [1.165, 1.54) is 31.4 Å². The number of rotatable bonds is 5. The van der Waals surface area contributed by atoms with Crippen molar-refractivity contribution in [3.8, 4) is 0 Å². The van der Waals surface area contributed by atoms with Gasteiger partial charge in [0.15, 0.2) is 0 Å². The first-order valence-electron chi connectivity index (χ1n) is 6.27. The summed E-state index contributed by atoms with van der Waals surface area (Å²) in [5, 5.41) is 4.53. The van der Waals surface area contributed by atoms with Crippen LogP contribution in [0.4, 0.5) is 0 Å². The predicted molar refractivity (Wildman–Crippen MR) is 63.0 cm³/mol. The number of hydrogen-bond acceptors (Lipinski definition) is 1. The van der Waals surface area contributed by atoms with E-state index in [4.69, 9.17) is 0 Å². The Morgan fingerprint density at radius 1 is 1.47 bits per heavy atom. The monoisotopic (exact) mass is 206 g/mol. The third-order valence-corrected chi connectivity index (χ3v) is 3.36. The van der Waals surface area contributed by atoms with Crippen LogP contribution in [0.3, 0.4) is 0 Å². The molecule has 1 atom stereocenters. The third-order valence-electron chi connectivity index (χ3n) is 3.36. The molecule has 1 fully saturated rings. The first-order chi connectivity index (χ1) is 7.24. The van der Waals surface area contributed by atoms with Crippen molar-refractivity contribution in [2.24, 2.45) is 5.92 Å². The smallest absolute Gasteiger partial charge is 0.0545 e. The SMILES string of the molecule is CCCC(C(C)C)n1nccc1C1CC1. The summed E-state index contributed by atoms with van der Waals surface area (Å²) in [6.07, 6.45) is 7.19. The molecule has 2 heteroatoms. The molecule has 1 aromatic heterocycles. The lowest BCUT2D eigenvalue weighted by molar-refractivity contribution is 0.315. The average Bonchev–Trinajstić information content (AvgIpc) is 2.94. The summed E-state index contributed by atoms with van der Waals surface area (Å²) >= 11 is 0. The molecule has 0 spiro atoms. The van der Waals surface area contributed by atoms with Gasteiger partial charge in [0.25, 0.3) is 0 Å². The average molecular weight is 206 g/mol. The molecule has 1 saturated carbocycles. The maximum Gasteiger partial charge on any atom is 0.0545 e. The largest absolute Gasteiger partial charge is 0.266 e. The van der Waals surface area contributed by atoms with Gasteiger partial charge in [-0.2, -0.15) is 5.10 Å². The Kier molecular flexibility index (Phi) is 3.13. The van der Waals surface area contributed by atoms with Gasteiger partial charge in [-0.1, -0.05) is 27.2 Å². The second kappa shape index (κ2) is 4.38. The van der Waals surface area contributed by atoms with Crippen molar-refractivity contribution in [3.05, 3.63) is 18.0 Å². The summed E-state index contributed by atoms with van der Waals surface area (Å²) in [5.41, 5.74) is 1.47. The van der Waals surface area contributed by atoms with E-state index in [1.807, 2.05) is 6.20 Å². The molecule has 1 unspecified atom stereocenters. The van der Waals surface area contributed by atoms with Gasteiger partial charge in [0.2, 0.25) is 0 Å². The van der Waals surface area contributed by atoms with Crippen LogP contribution in [0.5, 0.6) is 0 Å². The second-order valence-corrected chi connectivity index (χ2v) is 5.07. The van der Waals surface area contributed by atoms with Crippen LogP contribution in [0.1, 0.15) is 64.1 Å². The zero-order chi connectivity index (χ0) is 10.8. The summed E-state index contributed by atoms with van der Waals surface area (Å²) in [6.45, 7) is 6.87. The van der Waals surface area contributed by atoms with E-state index in [-0.39, 0.29) is 0 Å². The maximum atomic E-state index is 4.53. The molecular weight excluding hydrogens is 184 g/mol. The van der Waals surface area contributed by atoms with Crippen LogP contribution >= 0.6 is 0 Å². The van der Waals surface area contributed by atoms with E-state index < -0.39 is 0 Å². The van der Waals surface area contributed by atoms with Gasteiger partial charge < -0.3 is 0 Å². The van der Waals surface area contributed by atoms with E-state index in [2.05, 4.69) is 36.6 Å². The summed E-state index contributed by atoms with van der Waals surface area (Å²) < 4.78 is 2.30. The van der Waals surface area contributed by atoms with Crippen LogP contribution in [-0.4, -0.2) is 9.78 Å². The highest BCUT2D eigenvalue weighted by molar-refractivity contribution is 5.14. The highest BCUT2D eigenvalue weighted by atomic mass is 15.3. The van der Waals surface area contributed by atoms with Gasteiger partial charge in [0, 0.05) is 17.8 Å². The number of aromatic nitrogens is 2. The van der Waals surface area contributed by atoms with Crippen molar-refractivity contribution in [1.82, 2.24) is 9.78 Å². The lowest BCUT2D eigenvalue weighted by atomic mass is 9.99. The fourth-order valence-corrected chi connectivity index (χ4v) is 2.34. The Morgan fingerprint density at radius 2 is 2.20 bits per heavy atom. The van der Waals surface area contributed by atoms with Crippen LogP contribution in [0.25, 0.3) is 0 Å². The van der Waals surface area contributed by atoms with Gasteiger partial charge in [-0.15, -0.1) is 0 Å². The Balaban J connectivity index is 2.20. The van der Waals surface area contributed by atoms with Gasteiger partial charge in [-0.05, 0) is 31.2 Å². The summed E-state index contributed by atoms with van der Waals surface area (Å²) in [5.74, 6) is 1.49. The first kappa shape index (κ1) is 10.7. The van der Waals surface area contributed by atoms with Crippen LogP contribution in [0.15, 0.2) is 12.3 Å². The Hall–Kier alpha value is -0.790. The fraction of sp³-hybridized carbons (Fsp3) is 0.769. The summed E-state index contributed by atoms with van der Waals surface area (Å²) in [4.78, 5) is 0. The van der Waals surface area contributed by atoms with Crippen LogP contribution in [-0.2, 0) is 0 Å². The van der Waals surface area contributed by atoms with Gasteiger partial charge >= 0.3 is 0 Å². The molecule has 0 radical (unpaired) electrons. The van der Waals surface area contributed by atoms with Crippen molar-refractivity contribution >= 4 is 0 Å². The topological polar surface area (TPSA) is 17.8 Å². The van der Waals surface area contributed by atoms with E-state index in [1.54, 1.807) is 0 Å². The zero-order valence-corrected chi connectivity index (χ0v) is 10.1. The highest BCUT2D eigenvalue weighted by Crippen LogP contribution is 2.41. The molecule has 0 amide bonds. The van der Waals surface area contributed by atoms with Crippen molar-refractivity contribution in [3.63, 3.8) is 0 Å². The molecule has 0 saturated heterocycles. The quantitative estimate of drug-likeness (QED) is 0.717. The molecule has 1 aliphatic rings. The minimum Gasteiger partial charge on any atom is -0.266 e. The van der Waals surface area contributed by atoms with Gasteiger partial charge in [-0.25, -0.2) is 0 Å². The van der Waals surface area contributed by atoms with Crippen LogP contribution in [0, 0.1) is 5.92 Å². The van der Waals surface area contributed by atoms with E-state index in [0.717, 1.165) is 5.92 Å². The fourth-order valence-electron chi connectivity index (χ4n) is 2.34. The van der Waals surface area contributed by atoms with Crippen molar-refractivity contribution in [1.29, 1.82) is 0 Å². The highest BCUT2D eigenvalue weighted by Gasteiger charge is 2.29. The Morgan fingerprint density at radius 3 is 2.73 bits per heavy atom. The first-order valence-corrected chi connectivity index (χ1v) is 6.27. The normalized spacial score (nSPS) is 18.4. The van der Waals surface area contributed by atoms with Crippen LogP contribution in [0.2, 0.25) is 0 Å². The van der Waals surface area contributed by atoms with Gasteiger partial charge in [0.05, 0.1) is 6.04 Å². The molecule has 1 heterocycles. The molecule has 2 nitrogen and oxygen atoms in total. The van der Waals surface area contributed by atoms with Crippen molar-refractivity contribution < 1.29 is 0 Å². The molecule has 15 heavy (non-hydrogen) atoms. The molecule has 0 N–H and O–H groups in total. The number of hydrogen-bond donors (Lipinski definition) is 0. The lowest BCUT2D eigenvalue weighted by Gasteiger charge is -2.23. The van der Waals surface area contributed by atoms with E-state index in [0.29, 0.717) is 12.0 Å². The van der Waals surface area contributed by atoms with Gasteiger partial charge in [0.1, 0.15) is 0 Å². The Labute approximate surface area is 92.7 Å². The van der Waals surface area contributed by atoms with E-state index >= 15 is 0 Å². The Bertz CT molecular complexity index is 310. The third kappa shape index (κ3) is 2.24. The lowest BCUT2D eigenvalue weighted by Crippen LogP contribution is -2.18. The molecule has 1 aromatic rings. The van der Waals surface area contributed by atoms with Crippen LogP contribution < -0.4 is 0 Å². The minimum atomic E-state index is 0.598. The molecule has 2 rings (SSSR count). The van der Waals surface area contributed by atoms with E-state index in [9.17, 15) is 0 Å². The summed E-state index contributed by atoms with van der Waals surface area (Å²) in [7, 11) is 0. The number of nitrogens with zero attached hydrogens (tertiary/aromatic N) is 2. The molecule has 1 aliphatic carbocycles. The predicted octanol–water partition coefficient (Wildman–Crippen LogP) is 3.76.